The fraction of sp³-hybridized carbons (Fsp3) is 0.455. The summed E-state index contributed by atoms with van der Waals surface area (Å²) in [7, 11) is -1.27. The van der Waals surface area contributed by atoms with Gasteiger partial charge in [0.15, 0.2) is 0 Å². The number of aromatic nitrogens is 1. The average Bonchev–Trinajstić information content (AvgIpc) is 2.39. The minimum Gasteiger partial charge on any atom is -0.383 e. The van der Waals surface area contributed by atoms with Crippen LogP contribution in [-0.2, 0) is 19.6 Å². The summed E-state index contributed by atoms with van der Waals surface area (Å²) in [6.07, 6.45) is 2.43. The van der Waals surface area contributed by atoms with E-state index in [9.17, 15) is 18.0 Å². The third kappa shape index (κ3) is 4.15. The van der Waals surface area contributed by atoms with Crippen LogP contribution in [0, 0.1) is 0 Å². The summed E-state index contributed by atoms with van der Waals surface area (Å²) < 4.78 is 29.8. The van der Waals surface area contributed by atoms with Gasteiger partial charge in [0.05, 0.1) is 13.2 Å². The molecule has 1 heterocycles. The van der Waals surface area contributed by atoms with E-state index in [-0.39, 0.29) is 13.1 Å². The molecule has 0 aliphatic rings. The summed E-state index contributed by atoms with van der Waals surface area (Å²) in [6.45, 7) is 0.246. The zero-order valence-corrected chi connectivity index (χ0v) is 12.1. The Kier molecular flexibility index (Phi) is 5.86. The van der Waals surface area contributed by atoms with Crippen LogP contribution in [0.25, 0.3) is 0 Å². The highest BCUT2D eigenvalue weighted by molar-refractivity contribution is 7.89. The molecular formula is C11H17N3O5S. The largest absolute Gasteiger partial charge is 0.383 e. The molecule has 0 aliphatic carbocycles. The molecule has 0 atom stereocenters. The van der Waals surface area contributed by atoms with E-state index in [4.69, 9.17) is 4.74 Å². The number of hydrogen-bond acceptors (Lipinski definition) is 5. The van der Waals surface area contributed by atoms with E-state index in [1.54, 1.807) is 0 Å². The van der Waals surface area contributed by atoms with Gasteiger partial charge >= 0.3 is 0 Å². The molecule has 0 radical (unpaired) electrons. The van der Waals surface area contributed by atoms with E-state index >= 15 is 0 Å². The molecule has 1 aromatic rings. The van der Waals surface area contributed by atoms with Gasteiger partial charge in [-0.25, -0.2) is 8.42 Å². The number of likely N-dealkylation sites (N-methyl/N-ethyl adjacent to an activating group) is 1. The molecule has 0 bridgehead atoms. The van der Waals surface area contributed by atoms with Crippen molar-refractivity contribution >= 4 is 15.9 Å². The van der Waals surface area contributed by atoms with Gasteiger partial charge < -0.3 is 15.0 Å². The van der Waals surface area contributed by atoms with E-state index in [1.807, 2.05) is 0 Å². The van der Waals surface area contributed by atoms with Gasteiger partial charge in [0.2, 0.25) is 21.4 Å². The first-order valence-electron chi connectivity index (χ1n) is 5.78. The molecule has 0 spiro atoms. The monoisotopic (exact) mass is 303 g/mol. The van der Waals surface area contributed by atoms with Crippen LogP contribution in [0.3, 0.4) is 0 Å². The number of aromatic amines is 1. The highest BCUT2D eigenvalue weighted by Crippen LogP contribution is 2.07. The Morgan fingerprint density at radius 2 is 2.20 bits per heavy atom. The summed E-state index contributed by atoms with van der Waals surface area (Å²) >= 11 is 0. The number of pyridine rings is 1. The molecule has 8 nitrogen and oxygen atoms in total. The fourth-order valence-corrected chi connectivity index (χ4v) is 2.57. The van der Waals surface area contributed by atoms with Gasteiger partial charge in [-0.1, -0.05) is 0 Å². The molecular weight excluding hydrogens is 286 g/mol. The maximum absolute atomic E-state index is 12.1. The summed E-state index contributed by atoms with van der Waals surface area (Å²) in [5.41, 5.74) is -0.629. The van der Waals surface area contributed by atoms with Crippen molar-refractivity contribution in [3.63, 3.8) is 0 Å². The number of methoxy groups -OCH3 is 1. The summed E-state index contributed by atoms with van der Waals surface area (Å²) in [4.78, 5) is 25.2. The number of sulfonamides is 1. The quantitative estimate of drug-likeness (QED) is 0.612. The highest BCUT2D eigenvalue weighted by atomic mass is 32.2. The zero-order chi connectivity index (χ0) is 15.2. The Labute approximate surface area is 116 Å². The molecule has 1 aromatic heterocycles. The Bertz CT molecular complexity index is 610. The van der Waals surface area contributed by atoms with Crippen LogP contribution in [0.1, 0.15) is 0 Å². The van der Waals surface area contributed by atoms with Crippen LogP contribution < -0.4 is 10.7 Å². The van der Waals surface area contributed by atoms with E-state index in [2.05, 4.69) is 10.3 Å². The smallest absolute Gasteiger partial charge is 0.248 e. The minimum atomic E-state index is -4.00. The normalized spacial score (nSPS) is 11.6. The van der Waals surface area contributed by atoms with Gasteiger partial charge in [-0.3, -0.25) is 9.59 Å². The van der Waals surface area contributed by atoms with Gasteiger partial charge in [-0.05, 0) is 0 Å². The number of carbonyl (C=O) groups is 1. The van der Waals surface area contributed by atoms with E-state index in [0.717, 1.165) is 16.6 Å². The fourth-order valence-electron chi connectivity index (χ4n) is 1.41. The lowest BCUT2D eigenvalue weighted by atomic mass is 10.5. The standard InChI is InChI=1S/C11H17N3O5S/c1-14(8-11(16)13-5-6-19-2)20(17,18)10-7-12-4-3-9(10)15/h3-4,7H,5-6,8H2,1-2H3,(H,12,15)(H,13,16). The van der Waals surface area contributed by atoms with E-state index < -0.39 is 26.3 Å². The van der Waals surface area contributed by atoms with Crippen LogP contribution in [0.2, 0.25) is 0 Å². The molecule has 0 aliphatic heterocycles. The predicted octanol–water partition coefficient (Wildman–Crippen LogP) is -1.24. The summed E-state index contributed by atoms with van der Waals surface area (Å²) in [6, 6.07) is 1.11. The second-order valence-corrected chi connectivity index (χ2v) is 5.99. The number of H-pyrrole nitrogens is 1. The molecule has 1 amide bonds. The Morgan fingerprint density at radius 1 is 1.50 bits per heavy atom. The number of nitrogens with one attached hydrogen (secondary N) is 2. The van der Waals surface area contributed by atoms with Crippen molar-refractivity contribution in [1.29, 1.82) is 0 Å². The minimum absolute atomic E-state index is 0.287. The van der Waals surface area contributed by atoms with Crippen molar-refractivity contribution < 1.29 is 17.9 Å². The van der Waals surface area contributed by atoms with Crippen molar-refractivity contribution in [3.05, 3.63) is 28.7 Å². The van der Waals surface area contributed by atoms with E-state index in [0.29, 0.717) is 6.61 Å². The van der Waals surface area contributed by atoms with Crippen molar-refractivity contribution in [2.45, 2.75) is 4.90 Å². The van der Waals surface area contributed by atoms with Gasteiger partial charge in [-0.15, -0.1) is 0 Å². The van der Waals surface area contributed by atoms with Crippen molar-refractivity contribution in [2.75, 3.05) is 33.9 Å². The number of nitrogens with zero attached hydrogens (tertiary/aromatic N) is 1. The van der Waals surface area contributed by atoms with Crippen molar-refractivity contribution in [3.8, 4) is 0 Å². The third-order valence-corrected chi connectivity index (χ3v) is 4.30. The summed E-state index contributed by atoms with van der Waals surface area (Å²) in [5, 5.41) is 2.50. The van der Waals surface area contributed by atoms with Gasteiger partial charge in [0, 0.05) is 39.2 Å². The zero-order valence-electron chi connectivity index (χ0n) is 11.3. The molecule has 112 valence electrons. The number of carbonyl (C=O) groups excluding carboxylic acids is 1. The number of ether oxygens (including phenoxy) is 1. The van der Waals surface area contributed by atoms with Crippen LogP contribution in [-0.4, -0.2) is 57.5 Å². The first kappa shape index (κ1) is 16.3. The molecule has 2 N–H and O–H groups in total. The summed E-state index contributed by atoms with van der Waals surface area (Å²) in [5.74, 6) is -0.472. The second-order valence-electron chi connectivity index (χ2n) is 3.98. The molecule has 0 saturated heterocycles. The Balaban J connectivity index is 2.76. The van der Waals surface area contributed by atoms with Crippen molar-refractivity contribution in [2.24, 2.45) is 0 Å². The van der Waals surface area contributed by atoms with Gasteiger partial charge in [0.1, 0.15) is 4.90 Å². The SMILES string of the molecule is COCCNC(=O)CN(C)S(=O)(=O)c1c[nH]ccc1=O. The average molecular weight is 303 g/mol. The maximum Gasteiger partial charge on any atom is 0.248 e. The molecule has 0 aromatic carbocycles. The van der Waals surface area contributed by atoms with Crippen LogP contribution in [0.4, 0.5) is 0 Å². The number of amides is 1. The van der Waals surface area contributed by atoms with E-state index in [1.165, 1.54) is 20.4 Å². The lowest BCUT2D eigenvalue weighted by molar-refractivity contribution is -0.121. The topological polar surface area (TPSA) is 109 Å². The number of rotatable bonds is 7. The third-order valence-electron chi connectivity index (χ3n) is 2.47. The molecule has 0 fully saturated rings. The lowest BCUT2D eigenvalue weighted by Gasteiger charge is -2.16. The second kappa shape index (κ2) is 7.17. The van der Waals surface area contributed by atoms with Gasteiger partial charge in [-0.2, -0.15) is 4.31 Å². The molecule has 9 heteroatoms. The molecule has 0 saturated carbocycles. The first-order chi connectivity index (χ1) is 9.39. The molecule has 1 rings (SSSR count). The lowest BCUT2D eigenvalue weighted by Crippen LogP contribution is -2.40. The first-order valence-corrected chi connectivity index (χ1v) is 7.22. The molecule has 0 unspecified atom stereocenters. The predicted molar refractivity (Wildman–Crippen MR) is 71.8 cm³/mol. The highest BCUT2D eigenvalue weighted by Gasteiger charge is 2.25. The number of hydrogen-bond donors (Lipinski definition) is 2. The van der Waals surface area contributed by atoms with Crippen LogP contribution in [0.5, 0.6) is 0 Å². The Hall–Kier alpha value is -1.71. The van der Waals surface area contributed by atoms with Crippen LogP contribution in [0.15, 0.2) is 28.2 Å². The van der Waals surface area contributed by atoms with Crippen LogP contribution >= 0.6 is 0 Å². The van der Waals surface area contributed by atoms with Crippen molar-refractivity contribution in [1.82, 2.24) is 14.6 Å². The maximum atomic E-state index is 12.1. The van der Waals surface area contributed by atoms with Gasteiger partial charge in [0.25, 0.3) is 0 Å². The molecule has 20 heavy (non-hydrogen) atoms. The Morgan fingerprint density at radius 3 is 2.80 bits per heavy atom.